The molecule has 0 heterocycles. The molecule has 0 unspecified atom stereocenters. The third-order valence-electron chi connectivity index (χ3n) is 2.57. The zero-order valence-corrected chi connectivity index (χ0v) is 8.47. The lowest BCUT2D eigenvalue weighted by atomic mass is 9.84. The molecule has 1 N–H and O–H groups in total. The first-order chi connectivity index (χ1) is 5.33. The number of nitrogens with one attached hydrogen (secondary N) is 1. The minimum absolute atomic E-state index is 0.620. The predicted octanol–water partition coefficient (Wildman–Crippen LogP) is 2.27. The van der Waals surface area contributed by atoms with Crippen molar-refractivity contribution < 1.29 is 0 Å². The summed E-state index contributed by atoms with van der Waals surface area (Å²) in [7, 11) is 0. The van der Waals surface area contributed by atoms with E-state index in [4.69, 9.17) is 0 Å². The topological polar surface area (TPSA) is 12.0 Å². The van der Waals surface area contributed by atoms with Crippen LogP contribution in [0.4, 0.5) is 0 Å². The summed E-state index contributed by atoms with van der Waals surface area (Å²) in [5, 5.41) is 3.51. The minimum atomic E-state index is 0.620. The Morgan fingerprint density at radius 2 is 2.18 bits per heavy atom. The van der Waals surface area contributed by atoms with E-state index in [1.807, 2.05) is 11.8 Å². The molecule has 1 aliphatic rings. The molecule has 0 atom stereocenters. The lowest BCUT2D eigenvalue weighted by Crippen LogP contribution is -2.43. The van der Waals surface area contributed by atoms with Gasteiger partial charge in [0.05, 0.1) is 0 Å². The van der Waals surface area contributed by atoms with Crippen molar-refractivity contribution in [1.29, 1.82) is 0 Å². The highest BCUT2D eigenvalue weighted by atomic mass is 32.2. The second-order valence-electron chi connectivity index (χ2n) is 3.42. The summed E-state index contributed by atoms with van der Waals surface area (Å²) in [5.41, 5.74) is 0. The lowest BCUT2D eigenvalue weighted by Gasteiger charge is -2.40. The maximum Gasteiger partial charge on any atom is 0.0281 e. The van der Waals surface area contributed by atoms with Gasteiger partial charge in [-0.3, -0.25) is 0 Å². The van der Waals surface area contributed by atoms with Crippen LogP contribution in [0.25, 0.3) is 0 Å². The van der Waals surface area contributed by atoms with Crippen molar-refractivity contribution >= 4 is 11.8 Å². The fourth-order valence-corrected chi connectivity index (χ4v) is 2.46. The summed E-state index contributed by atoms with van der Waals surface area (Å²) in [6.45, 7) is 4.63. The first-order valence-corrected chi connectivity index (χ1v) is 5.81. The molecule has 1 rings (SSSR count). The SMILES string of the molecule is CCCNCC1(SC)CCC1. The molecule has 1 nitrogen and oxygen atoms in total. The molecule has 0 aromatic carbocycles. The Hall–Kier alpha value is 0.310. The summed E-state index contributed by atoms with van der Waals surface area (Å²) in [6, 6.07) is 0. The van der Waals surface area contributed by atoms with Crippen LogP contribution in [0.1, 0.15) is 32.6 Å². The highest BCUT2D eigenvalue weighted by Gasteiger charge is 2.35. The molecule has 0 spiro atoms. The van der Waals surface area contributed by atoms with Crippen LogP contribution in [-0.4, -0.2) is 24.1 Å². The number of hydrogen-bond donors (Lipinski definition) is 1. The Kier molecular flexibility index (Phi) is 3.73. The molecule has 1 saturated carbocycles. The van der Waals surface area contributed by atoms with Gasteiger partial charge in [-0.05, 0) is 32.1 Å². The van der Waals surface area contributed by atoms with Crippen molar-refractivity contribution in [3.8, 4) is 0 Å². The maximum absolute atomic E-state index is 3.51. The third-order valence-corrected chi connectivity index (χ3v) is 3.99. The van der Waals surface area contributed by atoms with E-state index in [-0.39, 0.29) is 0 Å². The van der Waals surface area contributed by atoms with Gasteiger partial charge < -0.3 is 5.32 Å². The Morgan fingerprint density at radius 3 is 2.55 bits per heavy atom. The second-order valence-corrected chi connectivity index (χ2v) is 4.69. The summed E-state index contributed by atoms with van der Waals surface area (Å²) in [6.07, 6.45) is 7.78. The van der Waals surface area contributed by atoms with Crippen LogP contribution in [0, 0.1) is 0 Å². The van der Waals surface area contributed by atoms with Gasteiger partial charge in [-0.1, -0.05) is 13.3 Å². The van der Waals surface area contributed by atoms with Crippen molar-refractivity contribution in [1.82, 2.24) is 5.32 Å². The molecule has 0 aromatic rings. The largest absolute Gasteiger partial charge is 0.315 e. The Labute approximate surface area is 74.3 Å². The van der Waals surface area contributed by atoms with Gasteiger partial charge in [-0.2, -0.15) is 11.8 Å². The molecule has 1 fully saturated rings. The van der Waals surface area contributed by atoms with Crippen LogP contribution in [0.5, 0.6) is 0 Å². The van der Waals surface area contributed by atoms with E-state index in [1.54, 1.807) is 0 Å². The van der Waals surface area contributed by atoms with Crippen LogP contribution in [0.3, 0.4) is 0 Å². The summed E-state index contributed by atoms with van der Waals surface area (Å²) >= 11 is 2.05. The Bertz CT molecular complexity index is 105. The normalized spacial score (nSPS) is 21.3. The average Bonchev–Trinajstić information content (AvgIpc) is 1.95. The molecule has 0 aliphatic heterocycles. The van der Waals surface area contributed by atoms with E-state index in [0.29, 0.717) is 4.75 Å². The van der Waals surface area contributed by atoms with Crippen molar-refractivity contribution in [3.63, 3.8) is 0 Å². The van der Waals surface area contributed by atoms with E-state index in [2.05, 4.69) is 18.5 Å². The van der Waals surface area contributed by atoms with Crippen molar-refractivity contribution in [3.05, 3.63) is 0 Å². The molecule has 2 heteroatoms. The summed E-state index contributed by atoms with van der Waals surface area (Å²) < 4.78 is 0.620. The highest BCUT2D eigenvalue weighted by molar-refractivity contribution is 8.00. The molecule has 0 radical (unpaired) electrons. The number of hydrogen-bond acceptors (Lipinski definition) is 2. The first-order valence-electron chi connectivity index (χ1n) is 4.59. The van der Waals surface area contributed by atoms with E-state index in [1.165, 1.54) is 38.8 Å². The van der Waals surface area contributed by atoms with Gasteiger partial charge in [0.1, 0.15) is 0 Å². The quantitative estimate of drug-likeness (QED) is 0.640. The van der Waals surface area contributed by atoms with Gasteiger partial charge >= 0.3 is 0 Å². The van der Waals surface area contributed by atoms with Gasteiger partial charge in [-0.15, -0.1) is 0 Å². The zero-order chi connectivity index (χ0) is 8.16. The molecule has 11 heavy (non-hydrogen) atoms. The van der Waals surface area contributed by atoms with Gasteiger partial charge in [0.25, 0.3) is 0 Å². The van der Waals surface area contributed by atoms with Gasteiger partial charge in [0.15, 0.2) is 0 Å². The van der Waals surface area contributed by atoms with Crippen LogP contribution in [-0.2, 0) is 0 Å². The van der Waals surface area contributed by atoms with E-state index in [0.717, 1.165) is 0 Å². The number of thioether (sulfide) groups is 1. The Morgan fingerprint density at radius 1 is 1.45 bits per heavy atom. The molecular formula is C9H19NS. The molecule has 0 aromatic heterocycles. The summed E-state index contributed by atoms with van der Waals surface area (Å²) in [4.78, 5) is 0. The standard InChI is InChI=1S/C9H19NS/c1-3-7-10-8-9(11-2)5-4-6-9/h10H,3-8H2,1-2H3. The first kappa shape index (κ1) is 9.40. The van der Waals surface area contributed by atoms with Crippen molar-refractivity contribution in [2.45, 2.75) is 37.4 Å². The van der Waals surface area contributed by atoms with Crippen molar-refractivity contribution in [2.75, 3.05) is 19.3 Å². The molecular weight excluding hydrogens is 154 g/mol. The molecule has 0 amide bonds. The monoisotopic (exact) mass is 173 g/mol. The van der Waals surface area contributed by atoms with Gasteiger partial charge in [-0.25, -0.2) is 0 Å². The smallest absolute Gasteiger partial charge is 0.0281 e. The van der Waals surface area contributed by atoms with Gasteiger partial charge in [0, 0.05) is 11.3 Å². The van der Waals surface area contributed by atoms with Crippen LogP contribution in [0.15, 0.2) is 0 Å². The zero-order valence-electron chi connectivity index (χ0n) is 7.65. The van der Waals surface area contributed by atoms with E-state index < -0.39 is 0 Å². The number of rotatable bonds is 5. The predicted molar refractivity (Wildman–Crippen MR) is 53.3 cm³/mol. The van der Waals surface area contributed by atoms with Gasteiger partial charge in [0.2, 0.25) is 0 Å². The summed E-state index contributed by atoms with van der Waals surface area (Å²) in [5.74, 6) is 0. The van der Waals surface area contributed by atoms with E-state index >= 15 is 0 Å². The maximum atomic E-state index is 3.51. The van der Waals surface area contributed by atoms with Crippen LogP contribution < -0.4 is 5.32 Å². The van der Waals surface area contributed by atoms with Crippen molar-refractivity contribution in [2.24, 2.45) is 0 Å². The minimum Gasteiger partial charge on any atom is -0.315 e. The Balaban J connectivity index is 2.11. The molecule has 0 saturated heterocycles. The van der Waals surface area contributed by atoms with Crippen LogP contribution in [0.2, 0.25) is 0 Å². The highest BCUT2D eigenvalue weighted by Crippen LogP contribution is 2.41. The van der Waals surface area contributed by atoms with Crippen LogP contribution >= 0.6 is 11.8 Å². The second kappa shape index (κ2) is 4.36. The lowest BCUT2D eigenvalue weighted by molar-refractivity contribution is 0.346. The fourth-order valence-electron chi connectivity index (χ4n) is 1.52. The molecule has 1 aliphatic carbocycles. The molecule has 66 valence electrons. The average molecular weight is 173 g/mol. The molecule has 0 bridgehead atoms. The van der Waals surface area contributed by atoms with E-state index in [9.17, 15) is 0 Å². The fraction of sp³-hybridized carbons (Fsp3) is 1.00. The third kappa shape index (κ3) is 2.38.